The van der Waals surface area contributed by atoms with E-state index in [4.69, 9.17) is 0 Å². The molecule has 0 saturated heterocycles. The molecule has 3 rings (SSSR count). The highest BCUT2D eigenvalue weighted by molar-refractivity contribution is 7.09. The summed E-state index contributed by atoms with van der Waals surface area (Å²) in [6, 6.07) is 10.4. The Hall–Kier alpha value is -2.20. The first kappa shape index (κ1) is 13.8. The second-order valence-corrected chi connectivity index (χ2v) is 6.05. The minimum absolute atomic E-state index is 0.777. The van der Waals surface area contributed by atoms with Crippen molar-refractivity contribution in [2.24, 2.45) is 0 Å². The Labute approximate surface area is 128 Å². The number of hydrogen-bond donors (Lipinski definition) is 1. The van der Waals surface area contributed by atoms with Gasteiger partial charge in [-0.1, -0.05) is 12.1 Å². The Bertz CT molecular complexity index is 749. The molecule has 0 amide bonds. The SMILES string of the molecule is Cc1nc(-c2cccc(NCc3cnccc3C)c2)cs1. The molecule has 3 nitrogen and oxygen atoms in total. The van der Waals surface area contributed by atoms with E-state index in [1.807, 2.05) is 25.4 Å². The highest BCUT2D eigenvalue weighted by Crippen LogP contribution is 2.24. The highest BCUT2D eigenvalue weighted by Gasteiger charge is 2.03. The predicted molar refractivity (Wildman–Crippen MR) is 88.6 cm³/mol. The fourth-order valence-electron chi connectivity index (χ4n) is 2.16. The smallest absolute Gasteiger partial charge is 0.0901 e. The molecule has 106 valence electrons. The molecule has 0 aliphatic carbocycles. The first-order valence-corrected chi connectivity index (χ1v) is 7.76. The molecule has 0 unspecified atom stereocenters. The summed E-state index contributed by atoms with van der Waals surface area (Å²) in [5.74, 6) is 0. The van der Waals surface area contributed by atoms with E-state index in [-0.39, 0.29) is 0 Å². The molecular weight excluding hydrogens is 278 g/mol. The summed E-state index contributed by atoms with van der Waals surface area (Å²) in [6.45, 7) is 4.91. The molecule has 0 aliphatic rings. The monoisotopic (exact) mass is 295 g/mol. The van der Waals surface area contributed by atoms with Crippen molar-refractivity contribution in [2.75, 3.05) is 5.32 Å². The normalized spacial score (nSPS) is 10.6. The highest BCUT2D eigenvalue weighted by atomic mass is 32.1. The second kappa shape index (κ2) is 6.06. The molecule has 0 bridgehead atoms. The molecule has 2 heterocycles. The maximum absolute atomic E-state index is 4.54. The van der Waals surface area contributed by atoms with Crippen LogP contribution in [-0.4, -0.2) is 9.97 Å². The van der Waals surface area contributed by atoms with Crippen molar-refractivity contribution in [3.05, 3.63) is 64.2 Å². The van der Waals surface area contributed by atoms with Crippen molar-refractivity contribution < 1.29 is 0 Å². The van der Waals surface area contributed by atoms with E-state index in [0.717, 1.165) is 28.5 Å². The van der Waals surface area contributed by atoms with E-state index in [1.165, 1.54) is 11.1 Å². The maximum atomic E-state index is 4.54. The molecule has 21 heavy (non-hydrogen) atoms. The second-order valence-electron chi connectivity index (χ2n) is 4.99. The molecule has 0 fully saturated rings. The summed E-state index contributed by atoms with van der Waals surface area (Å²) in [6.07, 6.45) is 3.74. The Morgan fingerprint density at radius 2 is 2.10 bits per heavy atom. The Morgan fingerprint density at radius 1 is 1.19 bits per heavy atom. The number of rotatable bonds is 4. The van der Waals surface area contributed by atoms with E-state index >= 15 is 0 Å². The van der Waals surface area contributed by atoms with Gasteiger partial charge in [0.25, 0.3) is 0 Å². The molecule has 2 aromatic heterocycles. The fraction of sp³-hybridized carbons (Fsp3) is 0.176. The summed E-state index contributed by atoms with van der Waals surface area (Å²) in [5, 5.41) is 6.64. The molecule has 1 N–H and O–H groups in total. The van der Waals surface area contributed by atoms with Gasteiger partial charge < -0.3 is 5.32 Å². The third-order valence-electron chi connectivity index (χ3n) is 3.41. The summed E-state index contributed by atoms with van der Waals surface area (Å²) in [7, 11) is 0. The molecule has 0 aliphatic heterocycles. The molecule has 0 atom stereocenters. The van der Waals surface area contributed by atoms with Crippen LogP contribution in [0.25, 0.3) is 11.3 Å². The summed E-state index contributed by atoms with van der Waals surface area (Å²) in [5.41, 5.74) is 5.75. The quantitative estimate of drug-likeness (QED) is 0.773. The first-order valence-electron chi connectivity index (χ1n) is 6.88. The lowest BCUT2D eigenvalue weighted by atomic mass is 10.1. The Balaban J connectivity index is 1.76. The van der Waals surface area contributed by atoms with E-state index in [1.54, 1.807) is 11.3 Å². The number of thiazole rings is 1. The van der Waals surface area contributed by atoms with Crippen LogP contribution >= 0.6 is 11.3 Å². The minimum Gasteiger partial charge on any atom is -0.381 e. The summed E-state index contributed by atoms with van der Waals surface area (Å²) < 4.78 is 0. The van der Waals surface area contributed by atoms with Gasteiger partial charge >= 0.3 is 0 Å². The minimum atomic E-state index is 0.777. The lowest BCUT2D eigenvalue weighted by molar-refractivity contribution is 1.08. The Morgan fingerprint density at radius 3 is 2.86 bits per heavy atom. The molecule has 3 aromatic rings. The van der Waals surface area contributed by atoms with Gasteiger partial charge in [-0.2, -0.15) is 0 Å². The average molecular weight is 295 g/mol. The summed E-state index contributed by atoms with van der Waals surface area (Å²) >= 11 is 1.68. The topological polar surface area (TPSA) is 37.8 Å². The number of aryl methyl sites for hydroxylation is 2. The van der Waals surface area contributed by atoms with Gasteiger partial charge in [-0.05, 0) is 43.2 Å². The third-order valence-corrected chi connectivity index (χ3v) is 4.18. The fourth-order valence-corrected chi connectivity index (χ4v) is 2.79. The van der Waals surface area contributed by atoms with Crippen molar-refractivity contribution in [2.45, 2.75) is 20.4 Å². The lowest BCUT2D eigenvalue weighted by Gasteiger charge is -2.09. The van der Waals surface area contributed by atoms with E-state index in [2.05, 4.69) is 51.9 Å². The van der Waals surface area contributed by atoms with Crippen LogP contribution in [0.2, 0.25) is 0 Å². The molecule has 0 saturated carbocycles. The van der Waals surface area contributed by atoms with Crippen molar-refractivity contribution in [1.82, 2.24) is 9.97 Å². The standard InChI is InChI=1S/C17H17N3S/c1-12-6-7-18-9-15(12)10-19-16-5-3-4-14(8-16)17-11-21-13(2)20-17/h3-9,11,19H,10H2,1-2H3. The van der Waals surface area contributed by atoms with Crippen LogP contribution in [0.5, 0.6) is 0 Å². The van der Waals surface area contributed by atoms with Crippen LogP contribution in [-0.2, 0) is 6.54 Å². The number of aromatic nitrogens is 2. The van der Waals surface area contributed by atoms with Crippen LogP contribution in [0.15, 0.2) is 48.1 Å². The van der Waals surface area contributed by atoms with Gasteiger partial charge in [0.05, 0.1) is 10.7 Å². The zero-order valence-corrected chi connectivity index (χ0v) is 12.9. The van der Waals surface area contributed by atoms with Crippen molar-refractivity contribution in [3.8, 4) is 11.3 Å². The largest absolute Gasteiger partial charge is 0.381 e. The van der Waals surface area contributed by atoms with Crippen molar-refractivity contribution >= 4 is 17.0 Å². The van der Waals surface area contributed by atoms with Crippen LogP contribution in [0.4, 0.5) is 5.69 Å². The van der Waals surface area contributed by atoms with Crippen molar-refractivity contribution in [3.63, 3.8) is 0 Å². The van der Waals surface area contributed by atoms with Gasteiger partial charge in [0, 0.05) is 35.6 Å². The van der Waals surface area contributed by atoms with E-state index < -0.39 is 0 Å². The van der Waals surface area contributed by atoms with Gasteiger partial charge in [-0.25, -0.2) is 4.98 Å². The third kappa shape index (κ3) is 3.28. The summed E-state index contributed by atoms with van der Waals surface area (Å²) in [4.78, 5) is 8.71. The lowest BCUT2D eigenvalue weighted by Crippen LogP contribution is -2.01. The number of nitrogens with one attached hydrogen (secondary N) is 1. The number of anilines is 1. The van der Waals surface area contributed by atoms with Crippen LogP contribution in [0.3, 0.4) is 0 Å². The van der Waals surface area contributed by atoms with Gasteiger partial charge in [0.15, 0.2) is 0 Å². The van der Waals surface area contributed by atoms with Crippen LogP contribution in [0.1, 0.15) is 16.1 Å². The zero-order chi connectivity index (χ0) is 14.7. The number of hydrogen-bond acceptors (Lipinski definition) is 4. The van der Waals surface area contributed by atoms with E-state index in [9.17, 15) is 0 Å². The number of pyridine rings is 1. The molecular formula is C17H17N3S. The van der Waals surface area contributed by atoms with Crippen LogP contribution in [0, 0.1) is 13.8 Å². The molecule has 4 heteroatoms. The van der Waals surface area contributed by atoms with Gasteiger partial charge in [0.1, 0.15) is 0 Å². The molecule has 0 radical (unpaired) electrons. The van der Waals surface area contributed by atoms with Crippen LogP contribution < -0.4 is 5.32 Å². The van der Waals surface area contributed by atoms with Crippen molar-refractivity contribution in [1.29, 1.82) is 0 Å². The first-order chi connectivity index (χ1) is 10.2. The average Bonchev–Trinajstić information content (AvgIpc) is 2.93. The molecule has 0 spiro atoms. The maximum Gasteiger partial charge on any atom is 0.0901 e. The number of nitrogens with zero attached hydrogens (tertiary/aromatic N) is 2. The molecule has 1 aromatic carbocycles. The van der Waals surface area contributed by atoms with Gasteiger partial charge in [0.2, 0.25) is 0 Å². The van der Waals surface area contributed by atoms with E-state index in [0.29, 0.717) is 0 Å². The number of benzene rings is 1. The van der Waals surface area contributed by atoms with Gasteiger partial charge in [-0.3, -0.25) is 4.98 Å². The van der Waals surface area contributed by atoms with Gasteiger partial charge in [-0.15, -0.1) is 11.3 Å². The Kier molecular flexibility index (Phi) is 3.97. The predicted octanol–water partition coefficient (Wildman–Crippen LogP) is 4.43. The zero-order valence-electron chi connectivity index (χ0n) is 12.1.